The highest BCUT2D eigenvalue weighted by Gasteiger charge is 2.04. The average molecular weight is 139 g/mol. The quantitative estimate of drug-likeness (QED) is 0.420. The zero-order valence-corrected chi connectivity index (χ0v) is 4.97. The van der Waals surface area contributed by atoms with E-state index < -0.39 is 0 Å². The molecule has 0 aliphatic rings. The summed E-state index contributed by atoms with van der Waals surface area (Å²) in [6, 6.07) is 0. The number of rotatable bonds is 0. The molecule has 0 amide bonds. The summed E-state index contributed by atoms with van der Waals surface area (Å²) >= 11 is 0. The summed E-state index contributed by atoms with van der Waals surface area (Å²) in [5, 5.41) is 11.0. The normalized spacial score (nSPS) is 10.8. The van der Waals surface area contributed by atoms with Crippen molar-refractivity contribution in [1.82, 2.24) is 24.5 Å². The molecule has 0 saturated heterocycles. The van der Waals surface area contributed by atoms with E-state index in [1.807, 2.05) is 0 Å². The van der Waals surface area contributed by atoms with Crippen LogP contribution in [-0.2, 0) is 0 Å². The molecule has 7 nitrogen and oxygen atoms in total. The highest BCUT2D eigenvalue weighted by molar-refractivity contribution is 5.34. The molecular weight excluding hydrogens is 134 g/mol. The van der Waals surface area contributed by atoms with Crippen molar-refractivity contribution in [2.75, 3.05) is 11.6 Å². The van der Waals surface area contributed by atoms with Gasteiger partial charge in [-0.25, -0.2) is 4.68 Å². The van der Waals surface area contributed by atoms with Crippen LogP contribution in [0.2, 0.25) is 0 Å². The van der Waals surface area contributed by atoms with E-state index in [1.54, 1.807) is 0 Å². The highest BCUT2D eigenvalue weighted by atomic mass is 15.5. The van der Waals surface area contributed by atoms with Gasteiger partial charge in [0, 0.05) is 0 Å². The Morgan fingerprint density at radius 3 is 2.90 bits per heavy atom. The van der Waals surface area contributed by atoms with Crippen molar-refractivity contribution >= 4 is 11.7 Å². The van der Waals surface area contributed by atoms with E-state index in [2.05, 4.69) is 15.3 Å². The SMILES string of the molecule is Nc1nnc2n(N)cnn12. The summed E-state index contributed by atoms with van der Waals surface area (Å²) in [6.07, 6.45) is 1.40. The van der Waals surface area contributed by atoms with Crippen molar-refractivity contribution < 1.29 is 0 Å². The predicted octanol–water partition coefficient (Wildman–Crippen LogP) is -1.78. The van der Waals surface area contributed by atoms with Crippen LogP contribution in [0, 0.1) is 0 Å². The van der Waals surface area contributed by atoms with E-state index in [0.717, 1.165) is 0 Å². The van der Waals surface area contributed by atoms with Gasteiger partial charge in [0.05, 0.1) is 0 Å². The number of nitrogens with zero attached hydrogens (tertiary/aromatic N) is 5. The van der Waals surface area contributed by atoms with Crippen LogP contribution in [0.5, 0.6) is 0 Å². The van der Waals surface area contributed by atoms with E-state index in [9.17, 15) is 0 Å². The molecule has 2 aromatic rings. The second kappa shape index (κ2) is 1.38. The number of aromatic nitrogens is 5. The van der Waals surface area contributed by atoms with Crippen molar-refractivity contribution in [3.63, 3.8) is 0 Å². The lowest BCUT2D eigenvalue weighted by Gasteiger charge is -1.82. The third-order valence-corrected chi connectivity index (χ3v) is 1.17. The molecule has 0 fully saturated rings. The van der Waals surface area contributed by atoms with E-state index in [1.165, 1.54) is 15.5 Å². The first-order valence-electron chi connectivity index (χ1n) is 2.58. The predicted molar refractivity (Wildman–Crippen MR) is 33.3 cm³/mol. The van der Waals surface area contributed by atoms with Gasteiger partial charge >= 0.3 is 0 Å². The fourth-order valence-corrected chi connectivity index (χ4v) is 0.714. The minimum absolute atomic E-state index is 0.235. The van der Waals surface area contributed by atoms with Gasteiger partial charge in [0.2, 0.25) is 5.95 Å². The first-order valence-corrected chi connectivity index (χ1v) is 2.58. The molecule has 2 aromatic heterocycles. The Hall–Kier alpha value is -1.79. The summed E-state index contributed by atoms with van der Waals surface area (Å²) in [7, 11) is 0. The van der Waals surface area contributed by atoms with Gasteiger partial charge in [-0.1, -0.05) is 0 Å². The van der Waals surface area contributed by atoms with Gasteiger partial charge in [-0.3, -0.25) is 0 Å². The van der Waals surface area contributed by atoms with Crippen LogP contribution in [0.15, 0.2) is 6.33 Å². The number of nitrogens with two attached hydrogens (primary N) is 2. The number of nitrogen functional groups attached to an aromatic ring is 2. The molecule has 2 rings (SSSR count). The zero-order valence-electron chi connectivity index (χ0n) is 4.97. The van der Waals surface area contributed by atoms with Crippen molar-refractivity contribution in [1.29, 1.82) is 0 Å². The topological polar surface area (TPSA) is 100 Å². The fraction of sp³-hybridized carbons (Fsp3) is 0. The average Bonchev–Trinajstić information content (AvgIpc) is 2.41. The molecule has 4 N–H and O–H groups in total. The van der Waals surface area contributed by atoms with Crippen molar-refractivity contribution in [3.05, 3.63) is 6.33 Å². The van der Waals surface area contributed by atoms with E-state index in [4.69, 9.17) is 11.6 Å². The standard InChI is InChI=1S/C3H5N7/c4-2-7-8-3-9(5)1-6-10(2)3/h1H,5H2,(H2,4,7). The van der Waals surface area contributed by atoms with Crippen LogP contribution in [0.3, 0.4) is 0 Å². The Morgan fingerprint density at radius 2 is 2.20 bits per heavy atom. The Morgan fingerprint density at radius 1 is 1.40 bits per heavy atom. The van der Waals surface area contributed by atoms with E-state index >= 15 is 0 Å². The molecule has 0 atom stereocenters. The number of hydrogen-bond acceptors (Lipinski definition) is 5. The molecule has 0 unspecified atom stereocenters. The highest BCUT2D eigenvalue weighted by Crippen LogP contribution is 1.98. The first-order chi connectivity index (χ1) is 4.79. The second-order valence-corrected chi connectivity index (χ2v) is 1.81. The van der Waals surface area contributed by atoms with E-state index in [0.29, 0.717) is 5.78 Å². The number of fused-ring (bicyclic) bond motifs is 1. The molecule has 52 valence electrons. The summed E-state index contributed by atoms with van der Waals surface area (Å²) in [5.74, 6) is 6.03. The van der Waals surface area contributed by atoms with E-state index in [-0.39, 0.29) is 5.95 Å². The lowest BCUT2D eigenvalue weighted by Crippen LogP contribution is -2.06. The molecule has 0 aliphatic carbocycles. The van der Waals surface area contributed by atoms with Crippen LogP contribution >= 0.6 is 0 Å². The van der Waals surface area contributed by atoms with Crippen LogP contribution in [-0.4, -0.2) is 24.5 Å². The van der Waals surface area contributed by atoms with Crippen molar-refractivity contribution in [2.24, 2.45) is 0 Å². The smallest absolute Gasteiger partial charge is 0.273 e. The Bertz CT molecular complexity index is 320. The summed E-state index contributed by atoms with van der Waals surface area (Å²) in [5.41, 5.74) is 5.35. The van der Waals surface area contributed by atoms with Gasteiger partial charge in [0.15, 0.2) is 0 Å². The largest absolute Gasteiger partial charge is 0.366 e. The fourth-order valence-electron chi connectivity index (χ4n) is 0.714. The molecule has 0 bridgehead atoms. The van der Waals surface area contributed by atoms with Gasteiger partial charge < -0.3 is 11.6 Å². The summed E-state index contributed by atoms with van der Waals surface area (Å²) in [6.45, 7) is 0. The van der Waals surface area contributed by atoms with Crippen LogP contribution < -0.4 is 11.6 Å². The molecule has 0 aliphatic heterocycles. The Kier molecular flexibility index (Phi) is 0.693. The minimum Gasteiger partial charge on any atom is -0.366 e. The van der Waals surface area contributed by atoms with Crippen LogP contribution in [0.4, 0.5) is 5.95 Å². The molecule has 0 saturated carbocycles. The van der Waals surface area contributed by atoms with Gasteiger partial charge in [0.25, 0.3) is 5.78 Å². The zero-order chi connectivity index (χ0) is 7.14. The van der Waals surface area contributed by atoms with Gasteiger partial charge in [-0.15, -0.1) is 10.2 Å². The Balaban J connectivity index is 2.95. The van der Waals surface area contributed by atoms with Crippen LogP contribution in [0.25, 0.3) is 5.78 Å². The van der Waals surface area contributed by atoms with Gasteiger partial charge in [-0.05, 0) is 0 Å². The first kappa shape index (κ1) is 5.03. The number of anilines is 1. The second-order valence-electron chi connectivity index (χ2n) is 1.81. The summed E-state index contributed by atoms with van der Waals surface area (Å²) < 4.78 is 2.59. The summed E-state index contributed by atoms with van der Waals surface area (Å²) in [4.78, 5) is 0. The van der Waals surface area contributed by atoms with Gasteiger partial charge in [0.1, 0.15) is 6.33 Å². The third-order valence-electron chi connectivity index (χ3n) is 1.17. The molecular formula is C3H5N7. The molecule has 7 heteroatoms. The number of hydrogen-bond donors (Lipinski definition) is 2. The maximum atomic E-state index is 5.36. The monoisotopic (exact) mass is 139 g/mol. The maximum Gasteiger partial charge on any atom is 0.273 e. The molecule has 0 spiro atoms. The van der Waals surface area contributed by atoms with Crippen molar-refractivity contribution in [2.45, 2.75) is 0 Å². The maximum absolute atomic E-state index is 5.36. The molecule has 0 radical (unpaired) electrons. The van der Waals surface area contributed by atoms with Gasteiger partial charge in [-0.2, -0.15) is 9.61 Å². The van der Waals surface area contributed by atoms with Crippen molar-refractivity contribution in [3.8, 4) is 0 Å². The minimum atomic E-state index is 0.235. The lowest BCUT2D eigenvalue weighted by molar-refractivity contribution is 0.955. The molecule has 10 heavy (non-hydrogen) atoms. The Labute approximate surface area is 55.2 Å². The van der Waals surface area contributed by atoms with Crippen LogP contribution in [0.1, 0.15) is 0 Å². The third kappa shape index (κ3) is 0.413. The lowest BCUT2D eigenvalue weighted by atomic mass is 11.0. The molecule has 2 heterocycles. The molecule has 0 aromatic carbocycles.